The molecule has 0 aromatic heterocycles. The molecule has 0 N–H and O–H groups in total. The summed E-state index contributed by atoms with van der Waals surface area (Å²) in [6, 6.07) is 0. The highest BCUT2D eigenvalue weighted by Crippen LogP contribution is 1.91. The minimum absolute atomic E-state index is 1.32. The summed E-state index contributed by atoms with van der Waals surface area (Å²) in [6.45, 7) is 0. The van der Waals surface area contributed by atoms with Crippen LogP contribution in [0.25, 0.3) is 0 Å². The summed E-state index contributed by atoms with van der Waals surface area (Å²) >= 11 is -2.64. The van der Waals surface area contributed by atoms with Gasteiger partial charge in [0.15, 0.2) is 0 Å². The molecule has 2 unspecified atom stereocenters. The first-order valence-corrected chi connectivity index (χ1v) is 4.74. The van der Waals surface area contributed by atoms with Crippen molar-refractivity contribution in [2.24, 2.45) is 9.04 Å². The van der Waals surface area contributed by atoms with Gasteiger partial charge in [-0.2, -0.15) is 0 Å². The molecule has 0 aliphatic rings. The van der Waals surface area contributed by atoms with Crippen LogP contribution in [0.3, 0.4) is 0 Å². The summed E-state index contributed by atoms with van der Waals surface area (Å²) < 4.78 is 26.4. The first-order valence-electron chi connectivity index (χ1n) is 1.71. The molecule has 0 saturated heterocycles. The minimum atomic E-state index is -1.32. The van der Waals surface area contributed by atoms with E-state index in [1.807, 2.05) is 0 Å². The van der Waals surface area contributed by atoms with E-state index >= 15 is 0 Å². The van der Waals surface area contributed by atoms with Crippen molar-refractivity contribution in [2.45, 2.75) is 0 Å². The van der Waals surface area contributed by atoms with Crippen LogP contribution in [0.2, 0.25) is 0 Å². The quantitative estimate of drug-likeness (QED) is 0.415. The molecule has 6 heteroatoms. The summed E-state index contributed by atoms with van der Waals surface area (Å²) in [5, 5.41) is 0. The lowest BCUT2D eigenvalue weighted by atomic mass is 12.0. The SMILES string of the molecule is C[S+]([O-])N=N[S+](C)[O-]. The molecule has 0 heterocycles. The molecular formula is C2H6N2O2S2. The van der Waals surface area contributed by atoms with Gasteiger partial charge >= 0.3 is 0 Å². The summed E-state index contributed by atoms with van der Waals surface area (Å²) in [7, 11) is 0. The molecule has 0 aromatic carbocycles. The Morgan fingerprint density at radius 2 is 1.25 bits per heavy atom. The Hall–Kier alpha value is 0.220. The predicted molar refractivity (Wildman–Crippen MR) is 33.0 cm³/mol. The maximum atomic E-state index is 10.1. The first kappa shape index (κ1) is 8.22. The molecule has 0 aliphatic heterocycles. The van der Waals surface area contributed by atoms with Crippen molar-refractivity contribution in [3.8, 4) is 0 Å². The zero-order valence-electron chi connectivity index (χ0n) is 4.53. The van der Waals surface area contributed by atoms with Gasteiger partial charge in [0.1, 0.15) is 35.2 Å². The van der Waals surface area contributed by atoms with E-state index in [1.54, 1.807) is 0 Å². The molecule has 0 aliphatic carbocycles. The Bertz CT molecular complexity index is 74.1. The largest absolute Gasteiger partial charge is 0.590 e. The molecule has 0 fully saturated rings. The van der Waals surface area contributed by atoms with E-state index in [0.717, 1.165) is 0 Å². The monoisotopic (exact) mass is 154 g/mol. The highest BCUT2D eigenvalue weighted by Gasteiger charge is 1.95. The Morgan fingerprint density at radius 3 is 1.38 bits per heavy atom. The maximum absolute atomic E-state index is 10.1. The zero-order valence-corrected chi connectivity index (χ0v) is 6.16. The van der Waals surface area contributed by atoms with Gasteiger partial charge in [-0.1, -0.05) is 0 Å². The molecular weight excluding hydrogens is 148 g/mol. The Kier molecular flexibility index (Phi) is 4.25. The van der Waals surface area contributed by atoms with Crippen molar-refractivity contribution in [2.75, 3.05) is 12.5 Å². The van der Waals surface area contributed by atoms with Gasteiger partial charge in [0.25, 0.3) is 0 Å². The third-order valence-electron chi connectivity index (χ3n) is 0.263. The highest BCUT2D eigenvalue weighted by atomic mass is 32.2. The fourth-order valence-corrected chi connectivity index (χ4v) is 0.845. The molecule has 0 rings (SSSR count). The summed E-state index contributed by atoms with van der Waals surface area (Å²) in [6.07, 6.45) is 2.72. The van der Waals surface area contributed by atoms with Crippen LogP contribution in [0.5, 0.6) is 0 Å². The molecule has 2 atom stereocenters. The standard InChI is InChI=1S/C2H6N2O2S2/c1-7(5)3-4-8(2)6/h1-2H3. The van der Waals surface area contributed by atoms with Crippen molar-refractivity contribution in [3.63, 3.8) is 0 Å². The van der Waals surface area contributed by atoms with E-state index in [2.05, 4.69) is 9.04 Å². The van der Waals surface area contributed by atoms with Crippen molar-refractivity contribution < 1.29 is 9.11 Å². The summed E-state index contributed by atoms with van der Waals surface area (Å²) in [5.74, 6) is 0. The number of hydrogen-bond donors (Lipinski definition) is 0. The molecule has 0 radical (unpaired) electrons. The molecule has 8 heavy (non-hydrogen) atoms. The average molecular weight is 154 g/mol. The van der Waals surface area contributed by atoms with Gasteiger partial charge in [0.2, 0.25) is 0 Å². The van der Waals surface area contributed by atoms with Crippen molar-refractivity contribution in [3.05, 3.63) is 0 Å². The van der Waals surface area contributed by atoms with E-state index in [1.165, 1.54) is 12.5 Å². The molecule has 0 aromatic rings. The molecule has 0 bridgehead atoms. The van der Waals surface area contributed by atoms with Gasteiger partial charge in [-0.05, 0) is 0 Å². The van der Waals surface area contributed by atoms with Gasteiger partial charge in [-0.15, -0.1) is 0 Å². The number of nitrogens with zero attached hydrogens (tertiary/aromatic N) is 2. The lowest BCUT2D eigenvalue weighted by Crippen LogP contribution is -1.92. The van der Waals surface area contributed by atoms with Gasteiger partial charge < -0.3 is 9.11 Å². The van der Waals surface area contributed by atoms with E-state index in [-0.39, 0.29) is 0 Å². The van der Waals surface area contributed by atoms with E-state index in [4.69, 9.17) is 0 Å². The molecule has 4 nitrogen and oxygen atoms in total. The average Bonchev–Trinajstić information content (AvgIpc) is 1.61. The molecule has 0 amide bonds. The van der Waals surface area contributed by atoms with Crippen LogP contribution in [0.15, 0.2) is 9.04 Å². The molecule has 0 spiro atoms. The van der Waals surface area contributed by atoms with Gasteiger partial charge in [0.05, 0.1) is 9.04 Å². The lowest BCUT2D eigenvalue weighted by molar-refractivity contribution is 0.592. The summed E-state index contributed by atoms with van der Waals surface area (Å²) in [4.78, 5) is 0. The number of hydrogen-bond acceptors (Lipinski definition) is 4. The normalized spacial score (nSPS) is 19.0. The smallest absolute Gasteiger partial charge is 0.125 e. The van der Waals surface area contributed by atoms with E-state index < -0.39 is 22.7 Å². The van der Waals surface area contributed by atoms with Crippen LogP contribution in [0.1, 0.15) is 0 Å². The minimum Gasteiger partial charge on any atom is -0.590 e. The van der Waals surface area contributed by atoms with Crippen LogP contribution in [-0.4, -0.2) is 21.6 Å². The van der Waals surface area contributed by atoms with Crippen LogP contribution < -0.4 is 0 Å². The highest BCUT2D eigenvalue weighted by molar-refractivity contribution is 7.91. The fourth-order valence-electron chi connectivity index (χ4n) is 0.0939. The van der Waals surface area contributed by atoms with Crippen molar-refractivity contribution >= 4 is 22.7 Å². The molecule has 48 valence electrons. The Balaban J connectivity index is 3.34. The predicted octanol–water partition coefficient (Wildman–Crippen LogP) is 0.0256. The third-order valence-corrected chi connectivity index (χ3v) is 0.990. The Labute approximate surface area is 54.0 Å². The van der Waals surface area contributed by atoms with Crippen LogP contribution in [-0.2, 0) is 22.7 Å². The van der Waals surface area contributed by atoms with Crippen molar-refractivity contribution in [1.29, 1.82) is 0 Å². The van der Waals surface area contributed by atoms with Gasteiger partial charge in [-0.25, -0.2) is 0 Å². The Morgan fingerprint density at radius 1 is 1.00 bits per heavy atom. The van der Waals surface area contributed by atoms with Crippen molar-refractivity contribution in [1.82, 2.24) is 0 Å². The van der Waals surface area contributed by atoms with Gasteiger partial charge in [0, 0.05) is 0 Å². The molecule has 0 saturated carbocycles. The third kappa shape index (κ3) is 6.22. The van der Waals surface area contributed by atoms with Crippen LogP contribution in [0, 0.1) is 0 Å². The fraction of sp³-hybridized carbons (Fsp3) is 1.00. The van der Waals surface area contributed by atoms with E-state index in [9.17, 15) is 9.11 Å². The first-order chi connectivity index (χ1) is 3.63. The maximum Gasteiger partial charge on any atom is 0.125 e. The second-order valence-electron chi connectivity index (χ2n) is 1.01. The van der Waals surface area contributed by atoms with Crippen LogP contribution >= 0.6 is 0 Å². The van der Waals surface area contributed by atoms with E-state index in [0.29, 0.717) is 0 Å². The second kappa shape index (κ2) is 4.13. The topological polar surface area (TPSA) is 70.8 Å². The van der Waals surface area contributed by atoms with Gasteiger partial charge in [-0.3, -0.25) is 0 Å². The van der Waals surface area contributed by atoms with Crippen LogP contribution in [0.4, 0.5) is 0 Å². The lowest BCUT2D eigenvalue weighted by Gasteiger charge is -1.91. The summed E-state index contributed by atoms with van der Waals surface area (Å²) in [5.41, 5.74) is 0. The number of rotatable bonds is 2. The zero-order chi connectivity index (χ0) is 6.57. The second-order valence-corrected chi connectivity index (χ2v) is 3.03.